The van der Waals surface area contributed by atoms with Gasteiger partial charge in [-0.1, -0.05) is 6.92 Å². The predicted octanol–water partition coefficient (Wildman–Crippen LogP) is 1.10. The molecule has 1 N–H and O–H groups in total. The van der Waals surface area contributed by atoms with Crippen molar-refractivity contribution in [2.24, 2.45) is 0 Å². The van der Waals surface area contributed by atoms with E-state index in [2.05, 4.69) is 4.98 Å². The molecule has 1 atom stereocenters. The third kappa shape index (κ3) is 2.16. The maximum Gasteiger partial charge on any atom is 0.309 e. The maximum atomic E-state index is 11.6. The number of carbonyl (C=O) groups excluding carboxylic acids is 1. The quantitative estimate of drug-likeness (QED) is 0.629. The highest BCUT2D eigenvalue weighted by molar-refractivity contribution is 5.72. The number of pyridine rings is 1. The van der Waals surface area contributed by atoms with Gasteiger partial charge in [-0.05, 0) is 18.1 Å². The summed E-state index contributed by atoms with van der Waals surface area (Å²) in [6.45, 7) is 1.69. The van der Waals surface area contributed by atoms with Crippen molar-refractivity contribution in [2.75, 3.05) is 6.79 Å². The first kappa shape index (κ1) is 12.0. The fourth-order valence-electron chi connectivity index (χ4n) is 2.19. The van der Waals surface area contributed by atoms with E-state index >= 15 is 0 Å². The Bertz CT molecular complexity index is 421. The fraction of sp³-hybridized carbons (Fsp3) is 0.500. The molecule has 1 aliphatic rings. The molecule has 2 heterocycles. The summed E-state index contributed by atoms with van der Waals surface area (Å²) in [7, 11) is 0. The number of aliphatic hydroxyl groups is 1. The van der Waals surface area contributed by atoms with E-state index in [1.807, 2.05) is 13.0 Å². The van der Waals surface area contributed by atoms with Crippen LogP contribution in [0, 0.1) is 0 Å². The van der Waals surface area contributed by atoms with Crippen molar-refractivity contribution in [1.82, 2.24) is 4.98 Å². The minimum atomic E-state index is -0.805. The molecule has 5 nitrogen and oxygen atoms in total. The Hall–Kier alpha value is -1.46. The summed E-state index contributed by atoms with van der Waals surface area (Å²) in [6, 6.07) is 1.82. The zero-order valence-electron chi connectivity index (χ0n) is 9.68. The second-order valence-corrected chi connectivity index (χ2v) is 3.99. The van der Waals surface area contributed by atoms with Gasteiger partial charge >= 0.3 is 5.97 Å². The molecule has 0 unspecified atom stereocenters. The first-order chi connectivity index (χ1) is 8.22. The lowest BCUT2D eigenvalue weighted by Crippen LogP contribution is -2.32. The molecule has 92 valence electrons. The normalized spacial score (nSPS) is 23.8. The van der Waals surface area contributed by atoms with Crippen LogP contribution >= 0.6 is 0 Å². The molecule has 0 aromatic carbocycles. The van der Waals surface area contributed by atoms with Crippen LogP contribution in [-0.2, 0) is 26.5 Å². The predicted molar refractivity (Wildman–Crippen MR) is 58.8 cm³/mol. The van der Waals surface area contributed by atoms with Crippen LogP contribution < -0.4 is 0 Å². The zero-order chi connectivity index (χ0) is 12.3. The number of hydrogen-bond donors (Lipinski definition) is 1. The Morgan fingerprint density at radius 1 is 1.65 bits per heavy atom. The molecule has 0 radical (unpaired) electrons. The van der Waals surface area contributed by atoms with Crippen LogP contribution in [-0.4, -0.2) is 22.9 Å². The lowest BCUT2D eigenvalue weighted by molar-refractivity contribution is -0.161. The van der Waals surface area contributed by atoms with E-state index in [0.717, 1.165) is 11.1 Å². The van der Waals surface area contributed by atoms with Crippen molar-refractivity contribution >= 4 is 5.97 Å². The smallest absolute Gasteiger partial charge is 0.309 e. The third-order valence-corrected chi connectivity index (χ3v) is 3.12. The topological polar surface area (TPSA) is 68.7 Å². The van der Waals surface area contributed by atoms with E-state index in [-0.39, 0.29) is 19.0 Å². The number of esters is 1. The Morgan fingerprint density at radius 3 is 3.18 bits per heavy atom. The summed E-state index contributed by atoms with van der Waals surface area (Å²) in [4.78, 5) is 15.6. The minimum Gasteiger partial charge on any atom is -0.461 e. The number of aromatic nitrogens is 1. The van der Waals surface area contributed by atoms with Gasteiger partial charge in [0, 0.05) is 18.0 Å². The molecule has 0 saturated heterocycles. The molecular weight excluding hydrogens is 222 g/mol. The van der Waals surface area contributed by atoms with Crippen LogP contribution in [0.1, 0.15) is 30.9 Å². The first-order valence-corrected chi connectivity index (χ1v) is 5.55. The molecule has 17 heavy (non-hydrogen) atoms. The summed E-state index contributed by atoms with van der Waals surface area (Å²) >= 11 is 0. The van der Waals surface area contributed by atoms with Crippen molar-refractivity contribution in [3.05, 3.63) is 29.6 Å². The second kappa shape index (κ2) is 4.81. The molecule has 2 rings (SSSR count). The molecule has 1 aromatic heterocycles. The average Bonchev–Trinajstić information content (AvgIpc) is 2.49. The highest BCUT2D eigenvalue weighted by Gasteiger charge is 2.38. The van der Waals surface area contributed by atoms with Gasteiger partial charge in [-0.2, -0.15) is 0 Å². The lowest BCUT2D eigenvalue weighted by Gasteiger charge is -2.31. The molecule has 0 bridgehead atoms. The highest BCUT2D eigenvalue weighted by atomic mass is 16.6. The van der Waals surface area contributed by atoms with Crippen molar-refractivity contribution in [3.8, 4) is 0 Å². The maximum absolute atomic E-state index is 11.6. The van der Waals surface area contributed by atoms with Crippen LogP contribution in [0.3, 0.4) is 0 Å². The largest absolute Gasteiger partial charge is 0.461 e. The SMILES string of the molecule is CC[C@@]1(OCO)CC(=O)OCc2cnccc21. The lowest BCUT2D eigenvalue weighted by atomic mass is 9.86. The summed E-state index contributed by atoms with van der Waals surface area (Å²) in [5.74, 6) is -0.323. The van der Waals surface area contributed by atoms with Crippen LogP contribution in [0.2, 0.25) is 0 Å². The number of fused-ring (bicyclic) bond motifs is 1. The molecule has 0 amide bonds. The molecule has 0 saturated carbocycles. The Labute approximate surface area is 99.4 Å². The van der Waals surface area contributed by atoms with Crippen LogP contribution in [0.15, 0.2) is 18.5 Å². The van der Waals surface area contributed by atoms with Crippen LogP contribution in [0.4, 0.5) is 0 Å². The van der Waals surface area contributed by atoms with Gasteiger partial charge in [0.1, 0.15) is 19.0 Å². The van der Waals surface area contributed by atoms with E-state index in [1.54, 1.807) is 12.4 Å². The van der Waals surface area contributed by atoms with Crippen molar-refractivity contribution < 1.29 is 19.4 Å². The van der Waals surface area contributed by atoms with E-state index in [4.69, 9.17) is 14.6 Å². The highest BCUT2D eigenvalue weighted by Crippen LogP contribution is 2.37. The van der Waals surface area contributed by atoms with Crippen molar-refractivity contribution in [3.63, 3.8) is 0 Å². The van der Waals surface area contributed by atoms with Gasteiger partial charge in [0.2, 0.25) is 0 Å². The standard InChI is InChI=1S/C12H15NO4/c1-2-12(17-8-14)5-11(15)16-7-9-6-13-4-3-10(9)12/h3-4,6,14H,2,5,7-8H2,1H3/t12-/m1/s1. The molecule has 0 aliphatic carbocycles. The number of aliphatic hydroxyl groups excluding tert-OH is 1. The Morgan fingerprint density at radius 2 is 2.47 bits per heavy atom. The molecule has 0 fully saturated rings. The third-order valence-electron chi connectivity index (χ3n) is 3.12. The number of cyclic esters (lactones) is 1. The number of hydrogen-bond acceptors (Lipinski definition) is 5. The van der Waals surface area contributed by atoms with Crippen molar-refractivity contribution in [2.45, 2.75) is 32.0 Å². The summed E-state index contributed by atoms with van der Waals surface area (Å²) in [5, 5.41) is 9.03. The van der Waals surface area contributed by atoms with Crippen LogP contribution in [0.5, 0.6) is 0 Å². The van der Waals surface area contributed by atoms with Gasteiger partial charge in [-0.3, -0.25) is 9.78 Å². The van der Waals surface area contributed by atoms with Crippen LogP contribution in [0.25, 0.3) is 0 Å². The summed E-state index contributed by atoms with van der Waals surface area (Å²) in [5.41, 5.74) is 0.893. The second-order valence-electron chi connectivity index (χ2n) is 3.99. The number of nitrogens with zero attached hydrogens (tertiary/aromatic N) is 1. The fourth-order valence-corrected chi connectivity index (χ4v) is 2.19. The number of carbonyl (C=O) groups is 1. The van der Waals surface area contributed by atoms with Gasteiger partial charge in [-0.15, -0.1) is 0 Å². The average molecular weight is 237 g/mol. The molecular formula is C12H15NO4. The van der Waals surface area contributed by atoms with Gasteiger partial charge in [0.05, 0.1) is 6.42 Å². The van der Waals surface area contributed by atoms with E-state index < -0.39 is 12.4 Å². The van der Waals surface area contributed by atoms with E-state index in [1.165, 1.54) is 0 Å². The molecule has 1 aliphatic heterocycles. The Balaban J connectivity index is 2.50. The number of rotatable bonds is 3. The first-order valence-electron chi connectivity index (χ1n) is 5.55. The van der Waals surface area contributed by atoms with E-state index in [0.29, 0.717) is 6.42 Å². The van der Waals surface area contributed by atoms with E-state index in [9.17, 15) is 4.79 Å². The van der Waals surface area contributed by atoms with Gasteiger partial charge in [0.25, 0.3) is 0 Å². The Kier molecular flexibility index (Phi) is 3.40. The van der Waals surface area contributed by atoms with Gasteiger partial charge in [-0.25, -0.2) is 0 Å². The minimum absolute atomic E-state index is 0.112. The molecule has 1 aromatic rings. The van der Waals surface area contributed by atoms with Gasteiger partial charge < -0.3 is 14.6 Å². The zero-order valence-corrected chi connectivity index (χ0v) is 9.68. The van der Waals surface area contributed by atoms with Gasteiger partial charge in [0.15, 0.2) is 0 Å². The van der Waals surface area contributed by atoms with Crippen molar-refractivity contribution in [1.29, 1.82) is 0 Å². The summed E-state index contributed by atoms with van der Waals surface area (Å²) in [6.07, 6.45) is 4.01. The molecule has 0 spiro atoms. The molecule has 5 heteroatoms. The summed E-state index contributed by atoms with van der Waals surface area (Å²) < 4.78 is 10.5. The monoisotopic (exact) mass is 237 g/mol. The number of ether oxygens (including phenoxy) is 2.